The van der Waals surface area contributed by atoms with E-state index in [1.165, 1.54) is 12.5 Å². The molecule has 8 nitrogen and oxygen atoms in total. The third kappa shape index (κ3) is 4.90. The Morgan fingerprint density at radius 1 is 1.08 bits per heavy atom. The summed E-state index contributed by atoms with van der Waals surface area (Å²) in [5, 5.41) is 3.25. The number of nitrogens with zero attached hydrogens (tertiary/aromatic N) is 5. The van der Waals surface area contributed by atoms with Gasteiger partial charge in [-0.2, -0.15) is 0 Å². The van der Waals surface area contributed by atoms with Gasteiger partial charge in [0.15, 0.2) is 11.6 Å². The molecule has 0 spiro atoms. The van der Waals surface area contributed by atoms with Gasteiger partial charge >= 0.3 is 0 Å². The molecule has 3 fully saturated rings. The largest absolute Gasteiger partial charge is 0.378 e. The third-order valence-electron chi connectivity index (χ3n) is 7.89. The van der Waals surface area contributed by atoms with Gasteiger partial charge in [-0.25, -0.2) is 13.8 Å². The molecule has 0 radical (unpaired) electrons. The molecule has 3 aliphatic heterocycles. The lowest BCUT2D eigenvalue weighted by atomic mass is 10.0. The number of benzene rings is 2. The first-order valence-corrected chi connectivity index (χ1v) is 13.3. The fraction of sp³-hybridized carbons (Fsp3) is 0.464. The molecule has 2 atom stereocenters. The fourth-order valence-electron chi connectivity index (χ4n) is 5.80. The first kappa shape index (κ1) is 24.9. The number of rotatable bonds is 5. The monoisotopic (exact) mass is 522 g/mol. The number of amides is 1. The van der Waals surface area contributed by atoms with E-state index in [0.29, 0.717) is 48.1 Å². The maximum atomic E-state index is 13.9. The van der Waals surface area contributed by atoms with Gasteiger partial charge in [-0.1, -0.05) is 0 Å². The van der Waals surface area contributed by atoms with E-state index in [0.717, 1.165) is 62.7 Å². The van der Waals surface area contributed by atoms with Crippen LogP contribution in [0.1, 0.15) is 41.7 Å². The first-order valence-electron chi connectivity index (χ1n) is 13.3. The molecule has 3 aromatic rings. The maximum absolute atomic E-state index is 13.9. The first-order chi connectivity index (χ1) is 18.5. The highest BCUT2D eigenvalue weighted by Crippen LogP contribution is 2.30. The molecule has 1 aromatic heterocycles. The van der Waals surface area contributed by atoms with Crippen LogP contribution in [0.5, 0.6) is 0 Å². The zero-order valence-electron chi connectivity index (χ0n) is 21.5. The van der Waals surface area contributed by atoms with E-state index in [9.17, 15) is 13.6 Å². The van der Waals surface area contributed by atoms with E-state index in [1.807, 2.05) is 24.0 Å². The van der Waals surface area contributed by atoms with Crippen molar-refractivity contribution >= 4 is 28.4 Å². The molecule has 1 N–H and O–H groups in total. The average molecular weight is 523 g/mol. The van der Waals surface area contributed by atoms with E-state index in [2.05, 4.69) is 15.1 Å². The number of carbonyl (C=O) groups is 1. The normalized spacial score (nSPS) is 21.0. The minimum Gasteiger partial charge on any atom is -0.378 e. The van der Waals surface area contributed by atoms with Crippen molar-refractivity contribution in [3.8, 4) is 0 Å². The number of ether oxygens (including phenoxy) is 1. The summed E-state index contributed by atoms with van der Waals surface area (Å²) in [6, 6.07) is 7.51. The number of hydrogen-bond donors (Lipinski definition) is 1. The van der Waals surface area contributed by atoms with Crippen LogP contribution in [0, 0.1) is 11.6 Å². The summed E-state index contributed by atoms with van der Waals surface area (Å²) in [7, 11) is 0. The van der Waals surface area contributed by atoms with Crippen LogP contribution in [-0.4, -0.2) is 84.2 Å². The molecule has 200 valence electrons. The van der Waals surface area contributed by atoms with Crippen LogP contribution in [0.15, 0.2) is 36.5 Å². The van der Waals surface area contributed by atoms with Crippen LogP contribution in [0.25, 0.3) is 11.0 Å². The Bertz CT molecular complexity index is 1350. The SMILES string of the molecule is C[C@@H](Nc1ccc(F)c(F)c1)c1cc(C(=O)N2CCN3CCC[C@@H]3C2)cc2ncc(N3CCOCC3)nc12. The summed E-state index contributed by atoms with van der Waals surface area (Å²) in [6.45, 7) is 8.07. The molecule has 2 aromatic carbocycles. The Hall–Kier alpha value is -3.37. The number of anilines is 2. The predicted octanol–water partition coefficient (Wildman–Crippen LogP) is 3.84. The summed E-state index contributed by atoms with van der Waals surface area (Å²) in [4.78, 5) is 29.9. The summed E-state index contributed by atoms with van der Waals surface area (Å²) >= 11 is 0. The number of halogens is 2. The highest BCUT2D eigenvalue weighted by Gasteiger charge is 2.33. The lowest BCUT2D eigenvalue weighted by Crippen LogP contribution is -2.52. The molecular weight excluding hydrogens is 490 g/mol. The Morgan fingerprint density at radius 2 is 1.92 bits per heavy atom. The highest BCUT2D eigenvalue weighted by atomic mass is 19.2. The fourth-order valence-corrected chi connectivity index (χ4v) is 5.80. The Kier molecular flexibility index (Phi) is 6.84. The smallest absolute Gasteiger partial charge is 0.254 e. The zero-order chi connectivity index (χ0) is 26.2. The van der Waals surface area contributed by atoms with Crippen molar-refractivity contribution in [2.75, 3.05) is 62.7 Å². The number of fused-ring (bicyclic) bond motifs is 2. The van der Waals surface area contributed by atoms with Crippen molar-refractivity contribution in [1.82, 2.24) is 19.8 Å². The van der Waals surface area contributed by atoms with Gasteiger partial charge in [0.2, 0.25) is 0 Å². The van der Waals surface area contributed by atoms with Gasteiger partial charge in [0.05, 0.1) is 36.5 Å². The van der Waals surface area contributed by atoms with Crippen molar-refractivity contribution in [2.45, 2.75) is 31.8 Å². The van der Waals surface area contributed by atoms with Crippen LogP contribution in [-0.2, 0) is 4.74 Å². The molecule has 38 heavy (non-hydrogen) atoms. The Balaban J connectivity index is 1.36. The molecule has 3 saturated heterocycles. The van der Waals surface area contributed by atoms with Gasteiger partial charge < -0.3 is 19.9 Å². The van der Waals surface area contributed by atoms with E-state index in [4.69, 9.17) is 14.7 Å². The number of morpholine rings is 1. The minimum atomic E-state index is -0.920. The van der Waals surface area contributed by atoms with Gasteiger partial charge in [0, 0.05) is 61.6 Å². The number of nitrogens with one attached hydrogen (secondary N) is 1. The second-order valence-electron chi connectivity index (χ2n) is 10.3. The molecule has 4 heterocycles. The van der Waals surface area contributed by atoms with Crippen molar-refractivity contribution in [1.29, 1.82) is 0 Å². The summed E-state index contributed by atoms with van der Waals surface area (Å²) in [5.74, 6) is -1.08. The number of carbonyl (C=O) groups excluding carboxylic acids is 1. The van der Waals surface area contributed by atoms with Crippen LogP contribution in [0.2, 0.25) is 0 Å². The highest BCUT2D eigenvalue weighted by molar-refractivity contribution is 5.98. The quantitative estimate of drug-likeness (QED) is 0.546. The van der Waals surface area contributed by atoms with Crippen LogP contribution in [0.4, 0.5) is 20.3 Å². The second-order valence-corrected chi connectivity index (χ2v) is 10.3. The molecule has 0 saturated carbocycles. The van der Waals surface area contributed by atoms with Crippen molar-refractivity contribution in [2.24, 2.45) is 0 Å². The minimum absolute atomic E-state index is 0.0150. The van der Waals surface area contributed by atoms with E-state index in [1.54, 1.807) is 6.20 Å². The Labute approximate surface area is 220 Å². The molecule has 6 rings (SSSR count). The standard InChI is InChI=1S/C28H32F2N6O2/c1-18(32-20-4-5-23(29)24(30)15-20)22-13-19(28(37)36-8-7-34-6-2-3-21(34)17-36)14-25-27(22)33-26(16-31-25)35-9-11-38-12-10-35/h4-5,13-16,18,21,32H,2-3,6-12,17H2,1H3/t18-,21-/m1/s1. The molecule has 3 aliphatic rings. The maximum Gasteiger partial charge on any atom is 0.254 e. The number of aromatic nitrogens is 2. The lowest BCUT2D eigenvalue weighted by Gasteiger charge is -2.37. The van der Waals surface area contributed by atoms with Crippen LogP contribution in [0.3, 0.4) is 0 Å². The van der Waals surface area contributed by atoms with Gasteiger partial charge in [-0.15, -0.1) is 0 Å². The van der Waals surface area contributed by atoms with E-state index >= 15 is 0 Å². The topological polar surface area (TPSA) is 73.8 Å². The van der Waals surface area contributed by atoms with Crippen molar-refractivity contribution in [3.63, 3.8) is 0 Å². The molecule has 10 heteroatoms. The molecule has 0 aliphatic carbocycles. The summed E-state index contributed by atoms with van der Waals surface area (Å²) in [6.07, 6.45) is 4.05. The molecule has 1 amide bonds. The molecular formula is C28H32F2N6O2. The molecule has 0 bridgehead atoms. The van der Waals surface area contributed by atoms with Gasteiger partial charge in [0.1, 0.15) is 5.82 Å². The number of piperazine rings is 1. The molecule has 0 unspecified atom stereocenters. The predicted molar refractivity (Wildman–Crippen MR) is 141 cm³/mol. The van der Waals surface area contributed by atoms with Crippen molar-refractivity contribution in [3.05, 3.63) is 59.3 Å². The van der Waals surface area contributed by atoms with Crippen LogP contribution >= 0.6 is 0 Å². The Morgan fingerprint density at radius 3 is 2.74 bits per heavy atom. The third-order valence-corrected chi connectivity index (χ3v) is 7.89. The second kappa shape index (κ2) is 10.4. The van der Waals surface area contributed by atoms with E-state index < -0.39 is 11.6 Å². The van der Waals surface area contributed by atoms with E-state index in [-0.39, 0.29) is 11.9 Å². The zero-order valence-corrected chi connectivity index (χ0v) is 21.5. The lowest BCUT2D eigenvalue weighted by molar-refractivity contribution is 0.0571. The van der Waals surface area contributed by atoms with Gasteiger partial charge in [-0.05, 0) is 50.6 Å². The van der Waals surface area contributed by atoms with Crippen molar-refractivity contribution < 1.29 is 18.3 Å². The summed E-state index contributed by atoms with van der Waals surface area (Å²) in [5.41, 5.74) is 3.08. The van der Waals surface area contributed by atoms with Crippen LogP contribution < -0.4 is 10.2 Å². The number of hydrogen-bond acceptors (Lipinski definition) is 7. The average Bonchev–Trinajstić information content (AvgIpc) is 3.42. The van der Waals surface area contributed by atoms with Gasteiger partial charge in [0.25, 0.3) is 5.91 Å². The van der Waals surface area contributed by atoms with Gasteiger partial charge in [-0.3, -0.25) is 14.7 Å². The summed E-state index contributed by atoms with van der Waals surface area (Å²) < 4.78 is 32.9.